The molecule has 1 unspecified atom stereocenters. The van der Waals surface area contributed by atoms with Gasteiger partial charge in [0.05, 0.1) is 12.2 Å². The summed E-state index contributed by atoms with van der Waals surface area (Å²) in [5, 5.41) is 18.1. The zero-order valence-electron chi connectivity index (χ0n) is 5.75. The van der Waals surface area contributed by atoms with Gasteiger partial charge in [-0.2, -0.15) is 0 Å². The van der Waals surface area contributed by atoms with E-state index in [-0.39, 0.29) is 0 Å². The van der Waals surface area contributed by atoms with Crippen molar-refractivity contribution >= 4 is 0 Å². The molecule has 0 radical (unpaired) electrons. The lowest BCUT2D eigenvalue weighted by Gasteiger charge is -2.27. The maximum absolute atomic E-state index is 9.10. The van der Waals surface area contributed by atoms with Crippen LogP contribution in [0, 0.1) is 5.92 Å². The first kappa shape index (κ1) is 7.03. The molecule has 0 saturated heterocycles. The van der Waals surface area contributed by atoms with Crippen LogP contribution in [0.4, 0.5) is 0 Å². The number of hydrogen-bond donors (Lipinski definition) is 2. The van der Waals surface area contributed by atoms with Crippen LogP contribution in [0.3, 0.4) is 0 Å². The highest BCUT2D eigenvalue weighted by molar-refractivity contribution is 4.76. The van der Waals surface area contributed by atoms with Crippen LogP contribution in [0.1, 0.15) is 26.2 Å². The lowest BCUT2D eigenvalue weighted by molar-refractivity contribution is -0.0226. The molecule has 0 amide bonds. The number of aliphatic hydroxyl groups excluding tert-OH is 2. The van der Waals surface area contributed by atoms with E-state index in [2.05, 4.69) is 6.92 Å². The van der Waals surface area contributed by atoms with E-state index in [1.165, 1.54) is 0 Å². The maximum atomic E-state index is 9.10. The molecule has 1 saturated carbocycles. The van der Waals surface area contributed by atoms with Crippen LogP contribution in [0.15, 0.2) is 0 Å². The fourth-order valence-electron chi connectivity index (χ4n) is 1.33. The Morgan fingerprint density at radius 2 is 1.78 bits per heavy atom. The van der Waals surface area contributed by atoms with Gasteiger partial charge in [0.1, 0.15) is 0 Å². The van der Waals surface area contributed by atoms with Gasteiger partial charge < -0.3 is 10.2 Å². The van der Waals surface area contributed by atoms with Gasteiger partial charge in [-0.3, -0.25) is 0 Å². The van der Waals surface area contributed by atoms with Gasteiger partial charge in [-0.15, -0.1) is 0 Å². The predicted molar refractivity (Wildman–Crippen MR) is 35.0 cm³/mol. The third-order valence-electron chi connectivity index (χ3n) is 2.04. The maximum Gasteiger partial charge on any atom is 0.0801 e. The molecule has 0 bridgehead atoms. The highest BCUT2D eigenvalue weighted by Crippen LogP contribution is 2.23. The van der Waals surface area contributed by atoms with Gasteiger partial charge in [-0.25, -0.2) is 0 Å². The summed E-state index contributed by atoms with van der Waals surface area (Å²) in [6.07, 6.45) is 1.66. The lowest BCUT2D eigenvalue weighted by Crippen LogP contribution is -2.32. The molecule has 2 nitrogen and oxygen atoms in total. The van der Waals surface area contributed by atoms with Crippen molar-refractivity contribution in [3.63, 3.8) is 0 Å². The first-order valence-corrected chi connectivity index (χ1v) is 3.56. The molecular formula is C7H14O2. The molecule has 0 aromatic rings. The topological polar surface area (TPSA) is 40.5 Å². The van der Waals surface area contributed by atoms with Crippen molar-refractivity contribution in [1.82, 2.24) is 0 Å². The monoisotopic (exact) mass is 130 g/mol. The van der Waals surface area contributed by atoms with Crippen molar-refractivity contribution in [2.24, 2.45) is 5.92 Å². The average Bonchev–Trinajstić information content (AvgIpc) is 1.80. The summed E-state index contributed by atoms with van der Waals surface area (Å²) < 4.78 is 0. The van der Waals surface area contributed by atoms with Crippen molar-refractivity contribution in [3.8, 4) is 0 Å². The summed E-state index contributed by atoms with van der Waals surface area (Å²) in [5.41, 5.74) is 0. The van der Waals surface area contributed by atoms with Gasteiger partial charge in [0.2, 0.25) is 0 Å². The Bertz CT molecular complexity index is 92.9. The zero-order valence-corrected chi connectivity index (χ0v) is 5.75. The second-order valence-corrected chi connectivity index (χ2v) is 3.05. The summed E-state index contributed by atoms with van der Waals surface area (Å²) >= 11 is 0. The molecule has 54 valence electrons. The van der Waals surface area contributed by atoms with Crippen molar-refractivity contribution in [3.05, 3.63) is 0 Å². The van der Waals surface area contributed by atoms with Crippen LogP contribution in [0.25, 0.3) is 0 Å². The number of hydrogen-bond acceptors (Lipinski definition) is 2. The standard InChI is InChI=1S/C7H14O2/c1-5-2-3-6(8)7(9)4-5/h5-9H,2-4H2,1H3/t5-,6+,7?/m1/s1. The Morgan fingerprint density at radius 3 is 2.22 bits per heavy atom. The normalized spacial score (nSPS) is 45.0. The highest BCUT2D eigenvalue weighted by atomic mass is 16.3. The first-order valence-electron chi connectivity index (χ1n) is 3.56. The van der Waals surface area contributed by atoms with E-state index in [4.69, 9.17) is 10.2 Å². The Balaban J connectivity index is 2.35. The van der Waals surface area contributed by atoms with E-state index in [0.717, 1.165) is 19.3 Å². The minimum absolute atomic E-state index is 0.457. The van der Waals surface area contributed by atoms with E-state index < -0.39 is 12.2 Å². The lowest BCUT2D eigenvalue weighted by atomic mass is 9.87. The van der Waals surface area contributed by atoms with E-state index in [1.54, 1.807) is 0 Å². The zero-order chi connectivity index (χ0) is 6.85. The van der Waals surface area contributed by atoms with Crippen molar-refractivity contribution < 1.29 is 10.2 Å². The average molecular weight is 130 g/mol. The third-order valence-corrected chi connectivity index (χ3v) is 2.04. The molecule has 0 heterocycles. The Hall–Kier alpha value is -0.0800. The molecule has 1 aliphatic rings. The first-order chi connectivity index (χ1) is 4.20. The fraction of sp³-hybridized carbons (Fsp3) is 1.00. The summed E-state index contributed by atoms with van der Waals surface area (Å²) in [6, 6.07) is 0. The molecular weight excluding hydrogens is 116 g/mol. The van der Waals surface area contributed by atoms with Crippen molar-refractivity contribution in [2.75, 3.05) is 0 Å². The molecule has 0 aromatic carbocycles. The smallest absolute Gasteiger partial charge is 0.0801 e. The van der Waals surface area contributed by atoms with Gasteiger partial charge in [0, 0.05) is 0 Å². The molecule has 3 atom stereocenters. The number of aliphatic hydroxyl groups is 2. The van der Waals surface area contributed by atoms with Crippen LogP contribution in [-0.2, 0) is 0 Å². The molecule has 0 spiro atoms. The van der Waals surface area contributed by atoms with E-state index in [0.29, 0.717) is 5.92 Å². The molecule has 1 rings (SSSR count). The van der Waals surface area contributed by atoms with Crippen molar-refractivity contribution in [1.29, 1.82) is 0 Å². The molecule has 1 fully saturated rings. The van der Waals surface area contributed by atoms with Crippen LogP contribution < -0.4 is 0 Å². The Morgan fingerprint density at radius 1 is 1.11 bits per heavy atom. The summed E-state index contributed by atoms with van der Waals surface area (Å²) in [4.78, 5) is 0. The molecule has 0 aliphatic heterocycles. The van der Waals surface area contributed by atoms with Crippen molar-refractivity contribution in [2.45, 2.75) is 38.4 Å². The Labute approximate surface area is 55.5 Å². The van der Waals surface area contributed by atoms with Crippen LogP contribution in [0.5, 0.6) is 0 Å². The summed E-state index contributed by atoms with van der Waals surface area (Å²) in [5.74, 6) is 0.586. The molecule has 2 N–H and O–H groups in total. The largest absolute Gasteiger partial charge is 0.390 e. The van der Waals surface area contributed by atoms with Gasteiger partial charge in [0.15, 0.2) is 0 Å². The van der Waals surface area contributed by atoms with Crippen LogP contribution in [-0.4, -0.2) is 22.4 Å². The highest BCUT2D eigenvalue weighted by Gasteiger charge is 2.24. The number of rotatable bonds is 0. The molecule has 0 aromatic heterocycles. The van der Waals surface area contributed by atoms with Gasteiger partial charge in [-0.05, 0) is 25.2 Å². The second kappa shape index (κ2) is 2.67. The van der Waals surface area contributed by atoms with Gasteiger partial charge in [0.25, 0.3) is 0 Å². The summed E-state index contributed by atoms with van der Waals surface area (Å²) in [6.45, 7) is 2.11. The molecule has 9 heavy (non-hydrogen) atoms. The SMILES string of the molecule is C[C@@H]1CC[C@H](O)C(O)C1. The second-order valence-electron chi connectivity index (χ2n) is 3.05. The third kappa shape index (κ3) is 1.66. The fourth-order valence-corrected chi connectivity index (χ4v) is 1.33. The predicted octanol–water partition coefficient (Wildman–Crippen LogP) is 0.528. The van der Waals surface area contributed by atoms with E-state index in [9.17, 15) is 0 Å². The van der Waals surface area contributed by atoms with Crippen LogP contribution in [0.2, 0.25) is 0 Å². The van der Waals surface area contributed by atoms with Gasteiger partial charge in [-0.1, -0.05) is 6.92 Å². The van der Waals surface area contributed by atoms with E-state index >= 15 is 0 Å². The quantitative estimate of drug-likeness (QED) is 0.502. The minimum Gasteiger partial charge on any atom is -0.390 e. The minimum atomic E-state index is -0.464. The van der Waals surface area contributed by atoms with Crippen LogP contribution >= 0.6 is 0 Å². The molecule has 1 aliphatic carbocycles. The Kier molecular flexibility index (Phi) is 2.09. The van der Waals surface area contributed by atoms with Gasteiger partial charge >= 0.3 is 0 Å². The van der Waals surface area contributed by atoms with E-state index in [1.807, 2.05) is 0 Å². The molecule has 2 heteroatoms. The summed E-state index contributed by atoms with van der Waals surface area (Å²) in [7, 11) is 0.